The lowest BCUT2D eigenvalue weighted by Crippen LogP contribution is -2.62. The number of nitrogens with two attached hydrogens (primary N) is 2. The van der Waals surface area contributed by atoms with Gasteiger partial charge >= 0.3 is 18.4 Å². The maximum atomic E-state index is 14.1. The predicted molar refractivity (Wildman–Crippen MR) is 244 cm³/mol. The molecule has 67 heavy (non-hydrogen) atoms. The van der Waals surface area contributed by atoms with Crippen molar-refractivity contribution in [3.05, 3.63) is 112 Å². The van der Waals surface area contributed by atoms with E-state index < -0.39 is 81.1 Å². The van der Waals surface area contributed by atoms with Gasteiger partial charge in [-0.05, 0) is 90.3 Å². The van der Waals surface area contributed by atoms with Crippen LogP contribution in [0.1, 0.15) is 63.6 Å². The van der Waals surface area contributed by atoms with Gasteiger partial charge in [-0.25, -0.2) is 13.2 Å². The van der Waals surface area contributed by atoms with E-state index in [0.29, 0.717) is 28.8 Å². The van der Waals surface area contributed by atoms with E-state index in [2.05, 4.69) is 21.1 Å². The minimum Gasteiger partial charge on any atom is -0.369 e. The third kappa shape index (κ3) is 12.0. The average molecular weight is 1000 g/mol. The second-order valence-corrected chi connectivity index (χ2v) is 19.3. The molecule has 4 atom stereocenters. The number of para-hydroxylation sites is 1. The van der Waals surface area contributed by atoms with Gasteiger partial charge in [0.25, 0.3) is 5.60 Å². The number of nitrogens with one attached hydrogen (secondary N) is 3. The number of carbonyl (C=O) groups is 3. The summed E-state index contributed by atoms with van der Waals surface area (Å²) in [7, 11) is -3.98. The van der Waals surface area contributed by atoms with Crippen molar-refractivity contribution in [2.24, 2.45) is 22.5 Å². The Morgan fingerprint density at radius 3 is 2.03 bits per heavy atom. The number of hydrazone groups is 1. The molecule has 0 spiro atoms. The van der Waals surface area contributed by atoms with Crippen LogP contribution < -0.4 is 32.4 Å². The number of carbonyl (C=O) groups excluding carboxylic acids is 3. The Hall–Kier alpha value is -5.41. The number of anilines is 2. The fraction of sp³-hybridized carbons (Fsp3) is 0.378. The SMILES string of the molecule is CCC(Cc1ccc(NC(=O)[C@H](CCCNC(N)=O)NC(=O)[C@@H](N)C(C)C)cc1)S(=O)(=O)c1cccc(-c2ccc(C3CC(C(O)(C(F)(F)F)C(F)(F)F)=NN3c3c(Cl)cccc3Cl)cc2)c1. The molecule has 5 rings (SSSR count). The first kappa shape index (κ1) is 52.6. The molecule has 4 amide bonds. The van der Waals surface area contributed by atoms with Gasteiger partial charge < -0.3 is 32.5 Å². The highest BCUT2D eigenvalue weighted by atomic mass is 35.5. The van der Waals surface area contributed by atoms with Gasteiger partial charge in [-0.2, -0.15) is 31.4 Å². The Kier molecular flexibility index (Phi) is 16.7. The van der Waals surface area contributed by atoms with Crippen LogP contribution in [0, 0.1) is 5.92 Å². The van der Waals surface area contributed by atoms with Gasteiger partial charge in [0.05, 0.1) is 43.7 Å². The van der Waals surface area contributed by atoms with Gasteiger partial charge in [0.15, 0.2) is 9.84 Å². The van der Waals surface area contributed by atoms with E-state index in [0.717, 1.165) is 5.01 Å². The van der Waals surface area contributed by atoms with Crippen molar-refractivity contribution in [3.8, 4) is 11.1 Å². The van der Waals surface area contributed by atoms with E-state index in [1.165, 1.54) is 60.7 Å². The van der Waals surface area contributed by atoms with E-state index in [1.54, 1.807) is 51.1 Å². The summed E-state index contributed by atoms with van der Waals surface area (Å²) < 4.78 is 112. The van der Waals surface area contributed by atoms with E-state index in [-0.39, 0.29) is 57.9 Å². The molecular weight excluding hydrogens is 951 g/mol. The Morgan fingerprint density at radius 1 is 0.881 bits per heavy atom. The third-order valence-corrected chi connectivity index (χ3v) is 14.2. The van der Waals surface area contributed by atoms with Crippen LogP contribution in [0.2, 0.25) is 10.0 Å². The molecule has 1 aliphatic heterocycles. The number of primary amides is 1. The number of alkyl halides is 6. The number of hydrogen-bond donors (Lipinski definition) is 6. The van der Waals surface area contributed by atoms with E-state index in [4.69, 9.17) is 34.7 Å². The van der Waals surface area contributed by atoms with Gasteiger partial charge in [0.2, 0.25) is 11.8 Å². The molecule has 4 aromatic rings. The molecule has 0 saturated carbocycles. The smallest absolute Gasteiger partial charge is 0.369 e. The fourth-order valence-corrected chi connectivity index (χ4v) is 9.75. The molecule has 2 unspecified atom stereocenters. The van der Waals surface area contributed by atoms with Gasteiger partial charge in [0.1, 0.15) is 6.04 Å². The number of sulfone groups is 1. The predicted octanol–water partition coefficient (Wildman–Crippen LogP) is 8.47. The van der Waals surface area contributed by atoms with Crippen molar-refractivity contribution in [3.63, 3.8) is 0 Å². The molecule has 0 fully saturated rings. The summed E-state index contributed by atoms with van der Waals surface area (Å²) in [6, 6.07) is 18.6. The molecule has 0 saturated heterocycles. The average Bonchev–Trinajstić information content (AvgIpc) is 3.70. The molecule has 8 N–H and O–H groups in total. The largest absolute Gasteiger partial charge is 0.431 e. The highest BCUT2D eigenvalue weighted by Crippen LogP contribution is 2.50. The topological polar surface area (TPSA) is 209 Å². The van der Waals surface area contributed by atoms with Gasteiger partial charge in [-0.3, -0.25) is 14.6 Å². The molecule has 4 aromatic carbocycles. The van der Waals surface area contributed by atoms with Crippen LogP contribution in [-0.4, -0.2) is 78.9 Å². The molecular formula is C45H49Cl2F6N7O6S. The first-order chi connectivity index (χ1) is 31.3. The van der Waals surface area contributed by atoms with E-state index >= 15 is 0 Å². The van der Waals surface area contributed by atoms with Crippen molar-refractivity contribution >= 4 is 68.0 Å². The molecule has 0 bridgehead atoms. The minimum atomic E-state index is -6.19. The molecule has 22 heteroatoms. The number of hydrogen-bond acceptors (Lipinski definition) is 9. The lowest BCUT2D eigenvalue weighted by molar-refractivity contribution is -0.338. The fourth-order valence-electron chi connectivity index (χ4n) is 7.38. The zero-order chi connectivity index (χ0) is 49.6. The standard InChI is InChI=1S/C45H49Cl2F6N7O6S/c1-4-31(22-26-13-19-30(20-14-26)57-40(61)35(12-7-21-56-42(55)63)58-41(62)38(54)25(2)3)67(65,66)32-9-5-8-29(23-32)27-15-17-28(18-16-27)36-24-37(43(64,44(48,49)50)45(51,52)53)59-60(36)39-33(46)10-6-11-34(39)47/h5-6,8-11,13-20,23,25,31,35-36,38,64H,4,7,12,21-22,24,54H2,1-3H3,(H,57,61)(H,58,62)(H3,55,56,63)/t31?,35-,36?,38-/m0/s1. The quantitative estimate of drug-likeness (QED) is 0.0420. The highest BCUT2D eigenvalue weighted by Gasteiger charge is 2.74. The molecule has 13 nitrogen and oxygen atoms in total. The summed E-state index contributed by atoms with van der Waals surface area (Å²) in [5, 5.41) is 21.4. The number of rotatable bonds is 18. The van der Waals surface area contributed by atoms with E-state index in [9.17, 15) is 54.3 Å². The van der Waals surface area contributed by atoms with Crippen molar-refractivity contribution < 1.29 is 54.3 Å². The first-order valence-corrected chi connectivity index (χ1v) is 23.2. The van der Waals surface area contributed by atoms with Crippen LogP contribution in [0.25, 0.3) is 11.1 Å². The molecule has 0 aromatic heterocycles. The van der Waals surface area contributed by atoms with Crippen molar-refractivity contribution in [2.45, 2.75) is 99.1 Å². The second-order valence-electron chi connectivity index (χ2n) is 16.3. The number of nitrogens with zero attached hydrogens (tertiary/aromatic N) is 2. The van der Waals surface area contributed by atoms with Gasteiger partial charge in [-0.1, -0.05) is 98.6 Å². The zero-order valence-electron chi connectivity index (χ0n) is 36.3. The minimum absolute atomic E-state index is 0.00642. The summed E-state index contributed by atoms with van der Waals surface area (Å²) in [5.74, 6) is -1.26. The van der Waals surface area contributed by atoms with Crippen molar-refractivity contribution in [1.29, 1.82) is 0 Å². The zero-order valence-corrected chi connectivity index (χ0v) is 38.6. The number of amides is 4. The number of urea groups is 1. The molecule has 1 aliphatic rings. The number of aliphatic hydroxyl groups is 1. The second kappa shape index (κ2) is 21.3. The van der Waals surface area contributed by atoms with Gasteiger partial charge in [0, 0.05) is 18.7 Å². The lowest BCUT2D eigenvalue weighted by atomic mass is 9.89. The molecule has 0 radical (unpaired) electrons. The molecule has 362 valence electrons. The van der Waals surface area contributed by atoms with Crippen molar-refractivity contribution in [2.75, 3.05) is 16.9 Å². The van der Waals surface area contributed by atoms with Crippen LogP contribution in [0.3, 0.4) is 0 Å². The first-order valence-electron chi connectivity index (χ1n) is 20.9. The normalized spacial score (nSPS) is 16.0. The van der Waals surface area contributed by atoms with E-state index in [1.807, 2.05) is 0 Å². The van der Waals surface area contributed by atoms with Crippen molar-refractivity contribution in [1.82, 2.24) is 10.6 Å². The summed E-state index contributed by atoms with van der Waals surface area (Å²) in [4.78, 5) is 37.1. The van der Waals surface area contributed by atoms with Crippen LogP contribution >= 0.6 is 23.2 Å². The highest BCUT2D eigenvalue weighted by molar-refractivity contribution is 7.92. The Labute approximate surface area is 393 Å². The maximum absolute atomic E-state index is 14.1. The number of benzene rings is 4. The van der Waals surface area contributed by atoms with Gasteiger partial charge in [-0.15, -0.1) is 0 Å². The summed E-state index contributed by atoms with van der Waals surface area (Å²) in [5.41, 5.74) is 6.10. The number of halogens is 8. The third-order valence-electron chi connectivity index (χ3n) is 11.3. The summed E-state index contributed by atoms with van der Waals surface area (Å²) >= 11 is 12.7. The van der Waals surface area contributed by atoms with Crippen LogP contribution in [-0.2, 0) is 25.8 Å². The monoisotopic (exact) mass is 999 g/mol. The van der Waals surface area contributed by atoms with Crippen LogP contribution in [0.5, 0.6) is 0 Å². The molecule has 0 aliphatic carbocycles. The lowest BCUT2D eigenvalue weighted by Gasteiger charge is -2.32. The Morgan fingerprint density at radius 2 is 1.48 bits per heavy atom. The summed E-state index contributed by atoms with van der Waals surface area (Å²) in [6.07, 6.45) is -12.6. The Bertz CT molecular complexity index is 2530. The maximum Gasteiger partial charge on any atom is 0.431 e. The van der Waals surface area contributed by atoms with Crippen LogP contribution in [0.15, 0.2) is 101 Å². The Balaban J connectivity index is 1.33. The molecule has 1 heterocycles. The summed E-state index contributed by atoms with van der Waals surface area (Å²) in [6.45, 7) is 5.42. The van der Waals surface area contributed by atoms with Crippen LogP contribution in [0.4, 0.5) is 42.5 Å².